The van der Waals surface area contributed by atoms with Gasteiger partial charge in [-0.2, -0.15) is 0 Å². The molecule has 1 aliphatic heterocycles. The topological polar surface area (TPSA) is 84.4 Å². The predicted molar refractivity (Wildman–Crippen MR) is 122 cm³/mol. The summed E-state index contributed by atoms with van der Waals surface area (Å²) in [6, 6.07) is 11.0. The number of nitrogens with zero attached hydrogens (tertiary/aromatic N) is 3. The molecule has 0 radical (unpaired) electrons. The highest BCUT2D eigenvalue weighted by Gasteiger charge is 2.30. The number of ether oxygens (including phenoxy) is 1. The third-order valence-corrected chi connectivity index (χ3v) is 5.67. The lowest BCUT2D eigenvalue weighted by Crippen LogP contribution is -2.54. The van der Waals surface area contributed by atoms with Crippen LogP contribution in [0, 0.1) is 5.82 Å². The van der Waals surface area contributed by atoms with E-state index in [1.54, 1.807) is 37.3 Å². The van der Waals surface area contributed by atoms with Crippen molar-refractivity contribution in [3.8, 4) is 5.75 Å². The lowest BCUT2D eigenvalue weighted by Gasteiger charge is -2.39. The van der Waals surface area contributed by atoms with E-state index in [-0.39, 0.29) is 29.3 Å². The molecule has 4 rings (SSSR count). The Morgan fingerprint density at radius 2 is 1.91 bits per heavy atom. The zero-order valence-electron chi connectivity index (χ0n) is 17.2. The number of ketones is 1. The molecule has 1 saturated heterocycles. The number of aromatic nitrogens is 2. The highest BCUT2D eigenvalue weighted by atomic mass is 79.9. The number of Topliss-reactive ketones (excluding diaryl/α,β-unsaturated/α-hetero) is 1. The minimum absolute atomic E-state index is 0.0477. The summed E-state index contributed by atoms with van der Waals surface area (Å²) in [7, 11) is 0. The van der Waals surface area contributed by atoms with Gasteiger partial charge in [-0.05, 0) is 52.3 Å². The van der Waals surface area contributed by atoms with Crippen molar-refractivity contribution in [1.82, 2.24) is 9.97 Å². The predicted octanol–water partition coefficient (Wildman–Crippen LogP) is 4.49. The van der Waals surface area contributed by atoms with E-state index in [0.717, 1.165) is 0 Å². The Hall–Kier alpha value is -3.33. The summed E-state index contributed by atoms with van der Waals surface area (Å²) in [6.45, 7) is 2.95. The molecule has 1 fully saturated rings. The van der Waals surface area contributed by atoms with Crippen LogP contribution in [0.4, 0.5) is 15.9 Å². The van der Waals surface area contributed by atoms with Gasteiger partial charge in [0.15, 0.2) is 5.78 Å². The van der Waals surface area contributed by atoms with E-state index in [9.17, 15) is 14.0 Å². The second kappa shape index (κ2) is 9.44. The molecule has 1 aliphatic rings. The van der Waals surface area contributed by atoms with Gasteiger partial charge >= 0.3 is 0 Å². The number of nitrogens with one attached hydrogen (secondary N) is 1. The lowest BCUT2D eigenvalue weighted by molar-refractivity contribution is 0.0986. The summed E-state index contributed by atoms with van der Waals surface area (Å²) in [4.78, 5) is 34.6. The number of halogens is 2. The van der Waals surface area contributed by atoms with Gasteiger partial charge in [-0.15, -0.1) is 0 Å². The number of carbonyl (C=O) groups excluding carboxylic acids is 2. The fourth-order valence-corrected chi connectivity index (χ4v) is 3.53. The highest BCUT2D eigenvalue weighted by molar-refractivity contribution is 9.10. The summed E-state index contributed by atoms with van der Waals surface area (Å²) in [6.07, 6.45) is 3.28. The maximum atomic E-state index is 13.4. The number of benzene rings is 2. The molecule has 2 aromatic carbocycles. The van der Waals surface area contributed by atoms with Gasteiger partial charge in [0.05, 0.1) is 30.0 Å². The van der Waals surface area contributed by atoms with E-state index in [4.69, 9.17) is 4.74 Å². The summed E-state index contributed by atoms with van der Waals surface area (Å²) >= 11 is 3.35. The molecule has 1 amide bonds. The van der Waals surface area contributed by atoms with Crippen LogP contribution < -0.4 is 15.0 Å². The van der Waals surface area contributed by atoms with E-state index in [1.165, 1.54) is 24.5 Å². The number of rotatable bonds is 7. The fourth-order valence-electron chi connectivity index (χ4n) is 3.19. The molecule has 0 aliphatic carbocycles. The van der Waals surface area contributed by atoms with Gasteiger partial charge in [-0.1, -0.05) is 6.92 Å². The van der Waals surface area contributed by atoms with Crippen LogP contribution in [0.3, 0.4) is 0 Å². The van der Waals surface area contributed by atoms with Gasteiger partial charge in [0, 0.05) is 23.7 Å². The Kier molecular flexibility index (Phi) is 6.45. The second-order valence-electron chi connectivity index (χ2n) is 7.29. The normalized spacial score (nSPS) is 13.4. The van der Waals surface area contributed by atoms with Crippen LogP contribution in [0.1, 0.15) is 34.2 Å². The molecule has 7 nitrogen and oxygen atoms in total. The van der Waals surface area contributed by atoms with Crippen molar-refractivity contribution in [1.29, 1.82) is 0 Å². The first-order valence-corrected chi connectivity index (χ1v) is 10.9. The van der Waals surface area contributed by atoms with Gasteiger partial charge in [-0.25, -0.2) is 14.4 Å². The molecule has 0 bridgehead atoms. The van der Waals surface area contributed by atoms with Crippen molar-refractivity contribution < 1.29 is 18.7 Å². The van der Waals surface area contributed by atoms with Crippen molar-refractivity contribution in [3.63, 3.8) is 0 Å². The highest BCUT2D eigenvalue weighted by Crippen LogP contribution is 2.29. The Morgan fingerprint density at radius 1 is 1.16 bits per heavy atom. The first-order chi connectivity index (χ1) is 15.4. The number of carbonyl (C=O) groups is 2. The smallest absolute Gasteiger partial charge is 0.275 e. The molecule has 32 heavy (non-hydrogen) atoms. The first kappa shape index (κ1) is 21.9. The molecule has 2 heterocycles. The average Bonchev–Trinajstić information content (AvgIpc) is 2.78. The number of amides is 1. The van der Waals surface area contributed by atoms with Crippen molar-refractivity contribution in [2.45, 2.75) is 19.4 Å². The molecule has 0 spiro atoms. The molecule has 3 aromatic rings. The summed E-state index contributed by atoms with van der Waals surface area (Å²) < 4.78 is 19.9. The standard InChI is InChI=1S/C23H20BrFN4O3/c1-2-20(30)14-3-6-16(7-4-14)28-23(31)19-10-27-22(11-26-19)29-12-17(13-29)32-21-9-15(25)5-8-18(21)24/h3-11,17H,2,12-13H2,1H3,(H,28,31). The van der Waals surface area contributed by atoms with Crippen molar-refractivity contribution in [3.05, 3.63) is 76.4 Å². The Bertz CT molecular complexity index is 1130. The maximum Gasteiger partial charge on any atom is 0.275 e. The molecule has 1 N–H and O–H groups in total. The average molecular weight is 499 g/mol. The fraction of sp³-hybridized carbons (Fsp3) is 0.217. The summed E-state index contributed by atoms with van der Waals surface area (Å²) in [5, 5.41) is 2.74. The monoisotopic (exact) mass is 498 g/mol. The third kappa shape index (κ3) is 4.94. The van der Waals surface area contributed by atoms with Crippen molar-refractivity contribution in [2.24, 2.45) is 0 Å². The van der Waals surface area contributed by atoms with E-state index < -0.39 is 0 Å². The molecule has 164 valence electrons. The van der Waals surface area contributed by atoms with Gasteiger partial charge in [-0.3, -0.25) is 9.59 Å². The first-order valence-electron chi connectivity index (χ1n) is 10.1. The maximum absolute atomic E-state index is 13.4. The van der Waals surface area contributed by atoms with Gasteiger partial charge in [0.2, 0.25) is 0 Å². The minimum Gasteiger partial charge on any atom is -0.485 e. The molecular formula is C23H20BrFN4O3. The van der Waals surface area contributed by atoms with Crippen LogP contribution in [0.25, 0.3) is 0 Å². The lowest BCUT2D eigenvalue weighted by atomic mass is 10.1. The molecule has 0 saturated carbocycles. The Balaban J connectivity index is 1.31. The molecule has 1 aromatic heterocycles. The zero-order chi connectivity index (χ0) is 22.7. The van der Waals surface area contributed by atoms with Gasteiger partial charge < -0.3 is 15.0 Å². The minimum atomic E-state index is -0.389. The number of hydrogen-bond donors (Lipinski definition) is 1. The third-order valence-electron chi connectivity index (χ3n) is 5.02. The number of anilines is 2. The number of hydrogen-bond acceptors (Lipinski definition) is 6. The van der Waals surface area contributed by atoms with Crippen LogP contribution in [0.2, 0.25) is 0 Å². The van der Waals surface area contributed by atoms with E-state index >= 15 is 0 Å². The molecule has 0 atom stereocenters. The van der Waals surface area contributed by atoms with Crippen LogP contribution in [-0.2, 0) is 0 Å². The van der Waals surface area contributed by atoms with E-state index in [1.807, 2.05) is 4.90 Å². The van der Waals surface area contributed by atoms with Crippen LogP contribution >= 0.6 is 15.9 Å². The Morgan fingerprint density at radius 3 is 2.56 bits per heavy atom. The second-order valence-corrected chi connectivity index (χ2v) is 8.14. The van der Waals surface area contributed by atoms with Crippen LogP contribution in [0.5, 0.6) is 5.75 Å². The van der Waals surface area contributed by atoms with Crippen molar-refractivity contribution >= 4 is 39.1 Å². The Labute approximate surface area is 192 Å². The summed E-state index contributed by atoms with van der Waals surface area (Å²) in [5.41, 5.74) is 1.36. The van der Waals surface area contributed by atoms with E-state index in [0.29, 0.717) is 46.8 Å². The van der Waals surface area contributed by atoms with Gasteiger partial charge in [0.1, 0.15) is 29.2 Å². The largest absolute Gasteiger partial charge is 0.485 e. The van der Waals surface area contributed by atoms with Crippen LogP contribution in [0.15, 0.2) is 59.3 Å². The quantitative estimate of drug-likeness (QED) is 0.483. The van der Waals surface area contributed by atoms with Crippen LogP contribution in [-0.4, -0.2) is 40.9 Å². The summed E-state index contributed by atoms with van der Waals surface area (Å²) in [5.74, 6) is 0.386. The SMILES string of the molecule is CCC(=O)c1ccc(NC(=O)c2cnc(N3CC(Oc4cc(F)ccc4Br)C3)cn2)cc1. The van der Waals surface area contributed by atoms with Crippen molar-refractivity contribution in [2.75, 3.05) is 23.3 Å². The molecular weight excluding hydrogens is 479 g/mol. The van der Waals surface area contributed by atoms with E-state index in [2.05, 4.69) is 31.2 Å². The zero-order valence-corrected chi connectivity index (χ0v) is 18.8. The van der Waals surface area contributed by atoms with Gasteiger partial charge in [0.25, 0.3) is 5.91 Å². The molecule has 0 unspecified atom stereocenters. The molecule has 9 heteroatoms.